The summed E-state index contributed by atoms with van der Waals surface area (Å²) in [5.74, 6) is -0.0593. The summed E-state index contributed by atoms with van der Waals surface area (Å²) >= 11 is 0. The zero-order valence-corrected chi connectivity index (χ0v) is 30.2. The molecule has 0 saturated carbocycles. The predicted molar refractivity (Wildman–Crippen MR) is 192 cm³/mol. The highest BCUT2D eigenvalue weighted by molar-refractivity contribution is 4.71. The van der Waals surface area contributed by atoms with Gasteiger partial charge >= 0.3 is 0 Å². The average Bonchev–Trinajstić information content (AvgIpc) is 3.04. The summed E-state index contributed by atoms with van der Waals surface area (Å²) in [5.41, 5.74) is 0. The summed E-state index contributed by atoms with van der Waals surface area (Å²) < 4.78 is 6.25. The molecule has 0 rings (SSSR count). The molecule has 2 atom stereocenters. The summed E-state index contributed by atoms with van der Waals surface area (Å²) in [7, 11) is 0. The molecule has 2 unspecified atom stereocenters. The van der Waals surface area contributed by atoms with Crippen molar-refractivity contribution in [3.05, 3.63) is 0 Å². The van der Waals surface area contributed by atoms with E-state index in [4.69, 9.17) is 4.74 Å². The van der Waals surface area contributed by atoms with Crippen LogP contribution in [0.4, 0.5) is 0 Å². The van der Waals surface area contributed by atoms with Crippen molar-refractivity contribution in [3.63, 3.8) is 0 Å². The molecular formula is C40H82O4. The van der Waals surface area contributed by atoms with E-state index in [1.54, 1.807) is 0 Å². The Balaban J connectivity index is 3.83. The van der Waals surface area contributed by atoms with E-state index < -0.39 is 0 Å². The number of aliphatic hydroxyl groups excluding tert-OH is 3. The van der Waals surface area contributed by atoms with Gasteiger partial charge in [0.25, 0.3) is 0 Å². The Hall–Kier alpha value is -0.160. The van der Waals surface area contributed by atoms with Gasteiger partial charge in [-0.3, -0.25) is 0 Å². The average molecular weight is 627 g/mol. The molecule has 44 heavy (non-hydrogen) atoms. The Bertz CT molecular complexity index is 510. The van der Waals surface area contributed by atoms with Crippen molar-refractivity contribution < 1.29 is 20.1 Å². The first-order valence-corrected chi connectivity index (χ1v) is 20.2. The highest BCUT2D eigenvalue weighted by Crippen LogP contribution is 2.21. The quantitative estimate of drug-likeness (QED) is 0.0596. The first-order valence-electron chi connectivity index (χ1n) is 20.2. The molecule has 0 saturated heterocycles. The van der Waals surface area contributed by atoms with E-state index >= 15 is 0 Å². The topological polar surface area (TPSA) is 69.9 Å². The van der Waals surface area contributed by atoms with E-state index in [-0.39, 0.29) is 37.8 Å². The molecule has 0 bridgehead atoms. The van der Waals surface area contributed by atoms with Crippen molar-refractivity contribution in [2.24, 2.45) is 11.8 Å². The number of aliphatic hydroxyl groups is 3. The van der Waals surface area contributed by atoms with Crippen LogP contribution in [0.3, 0.4) is 0 Å². The lowest BCUT2D eigenvalue weighted by atomic mass is 9.97. The van der Waals surface area contributed by atoms with E-state index in [0.29, 0.717) is 6.61 Å². The van der Waals surface area contributed by atoms with Crippen LogP contribution in [0.5, 0.6) is 0 Å². The molecule has 0 amide bonds. The molecule has 0 aliphatic rings. The van der Waals surface area contributed by atoms with Crippen molar-refractivity contribution in [2.45, 2.75) is 219 Å². The van der Waals surface area contributed by atoms with E-state index in [9.17, 15) is 15.3 Å². The first-order chi connectivity index (χ1) is 21.7. The highest BCUT2D eigenvalue weighted by atomic mass is 16.5. The summed E-state index contributed by atoms with van der Waals surface area (Å²) in [6, 6.07) is 0. The Morgan fingerprint density at radius 1 is 0.364 bits per heavy atom. The fourth-order valence-electron chi connectivity index (χ4n) is 6.58. The van der Waals surface area contributed by atoms with Gasteiger partial charge in [0.05, 0.1) is 25.9 Å². The number of hydrogen-bond acceptors (Lipinski definition) is 4. The summed E-state index contributed by atoms with van der Waals surface area (Å²) in [6.45, 7) is 5.19. The van der Waals surface area contributed by atoms with Crippen molar-refractivity contribution in [2.75, 3.05) is 26.4 Å². The minimum absolute atomic E-state index is 0.0390. The van der Waals surface area contributed by atoms with Crippen LogP contribution in [0.15, 0.2) is 0 Å². The van der Waals surface area contributed by atoms with E-state index in [1.807, 2.05) is 0 Å². The van der Waals surface area contributed by atoms with Gasteiger partial charge in [-0.25, -0.2) is 0 Å². The molecule has 4 nitrogen and oxygen atoms in total. The van der Waals surface area contributed by atoms with Crippen molar-refractivity contribution in [1.29, 1.82) is 0 Å². The van der Waals surface area contributed by atoms with Crippen LogP contribution in [-0.2, 0) is 4.74 Å². The number of rotatable bonds is 38. The molecule has 0 aliphatic carbocycles. The summed E-state index contributed by atoms with van der Waals surface area (Å²) in [4.78, 5) is 0. The van der Waals surface area contributed by atoms with Crippen molar-refractivity contribution in [3.8, 4) is 0 Å². The molecule has 0 fully saturated rings. The number of ether oxygens (including phenoxy) is 1. The minimum atomic E-state index is -0.220. The van der Waals surface area contributed by atoms with Crippen LogP contribution in [0, 0.1) is 11.8 Å². The summed E-state index contributed by atoms with van der Waals surface area (Å²) in [5, 5.41) is 29.5. The Labute approximate surface area is 276 Å². The molecule has 4 heteroatoms. The van der Waals surface area contributed by atoms with Crippen LogP contribution < -0.4 is 0 Å². The maximum Gasteiger partial charge on any atom is 0.0647 e. The Morgan fingerprint density at radius 2 is 0.659 bits per heavy atom. The molecule has 0 aromatic carbocycles. The second-order valence-electron chi connectivity index (χ2n) is 14.2. The van der Waals surface area contributed by atoms with Gasteiger partial charge in [-0.2, -0.15) is 0 Å². The second kappa shape index (κ2) is 37.3. The fourth-order valence-corrected chi connectivity index (χ4v) is 6.58. The van der Waals surface area contributed by atoms with Gasteiger partial charge in [-0.1, -0.05) is 200 Å². The molecule has 3 N–H and O–H groups in total. The van der Waals surface area contributed by atoms with Gasteiger partial charge in [0.1, 0.15) is 0 Å². The third-order valence-corrected chi connectivity index (χ3v) is 9.86. The molecule has 0 heterocycles. The van der Waals surface area contributed by atoms with Gasteiger partial charge in [0.15, 0.2) is 0 Å². The van der Waals surface area contributed by atoms with Crippen molar-refractivity contribution >= 4 is 0 Å². The van der Waals surface area contributed by atoms with Crippen LogP contribution in [-0.4, -0.2) is 47.9 Å². The third kappa shape index (κ3) is 30.5. The van der Waals surface area contributed by atoms with Gasteiger partial charge in [0.2, 0.25) is 0 Å². The molecule has 0 aromatic rings. The molecular weight excluding hydrogens is 544 g/mol. The molecule has 266 valence electrons. The van der Waals surface area contributed by atoms with Gasteiger partial charge in [-0.15, -0.1) is 0 Å². The minimum Gasteiger partial charge on any atom is -0.396 e. The monoisotopic (exact) mass is 627 g/mol. The normalized spacial score (nSPS) is 13.2. The predicted octanol–water partition coefficient (Wildman–Crippen LogP) is 11.7. The lowest BCUT2D eigenvalue weighted by Gasteiger charge is -2.26. The smallest absolute Gasteiger partial charge is 0.0647 e. The highest BCUT2D eigenvalue weighted by Gasteiger charge is 2.22. The summed E-state index contributed by atoms with van der Waals surface area (Å²) in [6.07, 6.45) is 41.1. The fraction of sp³-hybridized carbons (Fsp3) is 1.00. The van der Waals surface area contributed by atoms with Gasteiger partial charge in [-0.05, 0) is 12.8 Å². The maximum atomic E-state index is 9.93. The Morgan fingerprint density at radius 3 is 0.955 bits per heavy atom. The van der Waals surface area contributed by atoms with Crippen LogP contribution >= 0.6 is 0 Å². The zero-order valence-electron chi connectivity index (χ0n) is 30.2. The van der Waals surface area contributed by atoms with Gasteiger partial charge in [0, 0.05) is 18.4 Å². The number of unbranched alkanes of at least 4 members (excludes halogenated alkanes) is 27. The van der Waals surface area contributed by atoms with Crippen molar-refractivity contribution in [1.82, 2.24) is 0 Å². The number of hydrogen-bond donors (Lipinski definition) is 3. The van der Waals surface area contributed by atoms with E-state index in [0.717, 1.165) is 25.7 Å². The lowest BCUT2D eigenvalue weighted by Crippen LogP contribution is -2.32. The third-order valence-electron chi connectivity index (χ3n) is 9.86. The standard InChI is InChI=1S/C40H82O4/c1-3-5-7-9-11-13-15-17-19-21-23-25-27-29-31-33-40(39(35-42)36-43)44-37-38(34-41)32-30-28-26-24-22-20-18-16-14-12-10-8-6-4-2/h38-43H,3-37H2,1-2H3. The molecule has 0 spiro atoms. The zero-order chi connectivity index (χ0) is 32.2. The largest absolute Gasteiger partial charge is 0.396 e. The van der Waals surface area contributed by atoms with E-state index in [2.05, 4.69) is 13.8 Å². The SMILES string of the molecule is CCCCCCCCCCCCCCCCCC(OCC(CO)CCCCCCCCCCCCCCCC)C(CO)CO. The first kappa shape index (κ1) is 43.8. The maximum absolute atomic E-state index is 9.93. The lowest BCUT2D eigenvalue weighted by molar-refractivity contribution is -0.0503. The van der Waals surface area contributed by atoms with Crippen LogP contribution in [0.2, 0.25) is 0 Å². The molecule has 0 radical (unpaired) electrons. The van der Waals surface area contributed by atoms with Crippen LogP contribution in [0.1, 0.15) is 213 Å². The van der Waals surface area contributed by atoms with Crippen LogP contribution in [0.25, 0.3) is 0 Å². The van der Waals surface area contributed by atoms with E-state index in [1.165, 1.54) is 173 Å². The van der Waals surface area contributed by atoms with Gasteiger partial charge < -0.3 is 20.1 Å². The second-order valence-corrected chi connectivity index (χ2v) is 14.2. The molecule has 0 aliphatic heterocycles. The molecule has 0 aromatic heterocycles. The Kier molecular flexibility index (Phi) is 37.2.